The highest BCUT2D eigenvalue weighted by Crippen LogP contribution is 2.18. The second-order valence-corrected chi connectivity index (χ2v) is 5.28. The van der Waals surface area contributed by atoms with Crippen molar-refractivity contribution in [2.24, 2.45) is 7.05 Å². The van der Waals surface area contributed by atoms with Crippen LogP contribution in [0.15, 0.2) is 42.7 Å². The Bertz CT molecular complexity index is 813. The maximum absolute atomic E-state index is 12.3. The Morgan fingerprint density at radius 2 is 1.91 bits per heavy atom. The zero-order chi connectivity index (χ0) is 15.7. The lowest BCUT2D eigenvalue weighted by Crippen LogP contribution is -2.14. The molecule has 0 unspecified atom stereocenters. The van der Waals surface area contributed by atoms with Gasteiger partial charge >= 0.3 is 0 Å². The van der Waals surface area contributed by atoms with Crippen molar-refractivity contribution in [1.82, 2.24) is 19.6 Å². The van der Waals surface area contributed by atoms with Gasteiger partial charge in [0, 0.05) is 19.3 Å². The first-order valence-corrected chi connectivity index (χ1v) is 6.96. The predicted molar refractivity (Wildman–Crippen MR) is 84.2 cm³/mol. The number of nitrogens with one attached hydrogen (secondary N) is 1. The van der Waals surface area contributed by atoms with Crippen molar-refractivity contribution in [3.05, 3.63) is 59.5 Å². The number of amides is 1. The van der Waals surface area contributed by atoms with E-state index in [4.69, 9.17) is 0 Å². The summed E-state index contributed by atoms with van der Waals surface area (Å²) in [6.45, 7) is 3.92. The number of aryl methyl sites for hydroxylation is 3. The molecule has 0 bridgehead atoms. The van der Waals surface area contributed by atoms with E-state index in [0.29, 0.717) is 11.4 Å². The molecule has 3 aromatic rings. The van der Waals surface area contributed by atoms with Crippen molar-refractivity contribution in [3.63, 3.8) is 0 Å². The Kier molecular flexibility index (Phi) is 3.50. The van der Waals surface area contributed by atoms with Gasteiger partial charge in [-0.05, 0) is 26.0 Å². The van der Waals surface area contributed by atoms with Crippen LogP contribution in [0.4, 0.5) is 5.82 Å². The minimum Gasteiger partial charge on any atom is -0.306 e. The highest BCUT2D eigenvalue weighted by Gasteiger charge is 2.13. The van der Waals surface area contributed by atoms with Gasteiger partial charge in [-0.25, -0.2) is 4.68 Å². The molecule has 0 aliphatic heterocycles. The van der Waals surface area contributed by atoms with Crippen LogP contribution in [-0.2, 0) is 7.05 Å². The summed E-state index contributed by atoms with van der Waals surface area (Å²) < 4.78 is 3.32. The van der Waals surface area contributed by atoms with Gasteiger partial charge in [0.05, 0.1) is 23.1 Å². The Morgan fingerprint density at radius 3 is 2.55 bits per heavy atom. The number of hydrogen-bond donors (Lipinski definition) is 1. The van der Waals surface area contributed by atoms with Crippen LogP contribution in [0.25, 0.3) is 5.69 Å². The molecule has 0 radical (unpaired) electrons. The highest BCUT2D eigenvalue weighted by atomic mass is 16.1. The van der Waals surface area contributed by atoms with E-state index < -0.39 is 0 Å². The summed E-state index contributed by atoms with van der Waals surface area (Å²) in [5, 5.41) is 11.3. The normalized spacial score (nSPS) is 10.7. The molecule has 1 aromatic carbocycles. The Balaban J connectivity index is 1.91. The lowest BCUT2D eigenvalue weighted by molar-refractivity contribution is 0.102. The molecule has 0 fully saturated rings. The summed E-state index contributed by atoms with van der Waals surface area (Å²) in [7, 11) is 1.78. The van der Waals surface area contributed by atoms with Crippen LogP contribution in [0, 0.1) is 13.8 Å². The van der Waals surface area contributed by atoms with Crippen molar-refractivity contribution in [1.29, 1.82) is 0 Å². The summed E-state index contributed by atoms with van der Waals surface area (Å²) in [6, 6.07) is 9.81. The second kappa shape index (κ2) is 5.48. The number of hydrogen-bond acceptors (Lipinski definition) is 3. The van der Waals surface area contributed by atoms with Crippen LogP contribution >= 0.6 is 0 Å². The quantitative estimate of drug-likeness (QED) is 0.807. The smallest absolute Gasteiger partial charge is 0.260 e. The molecular weight excluding hydrogens is 278 g/mol. The molecular formula is C16H17N5O. The topological polar surface area (TPSA) is 64.7 Å². The van der Waals surface area contributed by atoms with Crippen molar-refractivity contribution in [2.75, 3.05) is 5.32 Å². The number of aromatic nitrogens is 4. The SMILES string of the molecule is Cc1ccc(-n2nc(C)cc2NC(=O)c2cnn(C)c2)cc1. The molecule has 2 heterocycles. The average molecular weight is 295 g/mol. The molecule has 0 atom stereocenters. The van der Waals surface area contributed by atoms with Gasteiger partial charge in [-0.15, -0.1) is 0 Å². The standard InChI is InChI=1S/C16H17N5O/c1-11-4-6-14(7-5-11)21-15(8-12(2)19-21)18-16(22)13-9-17-20(3)10-13/h4-10H,1-3H3,(H,18,22). The third kappa shape index (κ3) is 2.76. The highest BCUT2D eigenvalue weighted by molar-refractivity contribution is 6.03. The molecule has 1 N–H and O–H groups in total. The fourth-order valence-electron chi connectivity index (χ4n) is 2.20. The van der Waals surface area contributed by atoms with Crippen molar-refractivity contribution in [3.8, 4) is 5.69 Å². The van der Waals surface area contributed by atoms with Crippen LogP contribution in [0.3, 0.4) is 0 Å². The average Bonchev–Trinajstić information content (AvgIpc) is 3.06. The molecule has 0 saturated carbocycles. The van der Waals surface area contributed by atoms with Gasteiger partial charge in [-0.1, -0.05) is 17.7 Å². The van der Waals surface area contributed by atoms with Gasteiger partial charge in [-0.2, -0.15) is 10.2 Å². The molecule has 3 rings (SSSR count). The largest absolute Gasteiger partial charge is 0.306 e. The third-order valence-electron chi connectivity index (χ3n) is 3.32. The van der Waals surface area contributed by atoms with Gasteiger partial charge in [0.25, 0.3) is 5.91 Å². The minimum atomic E-state index is -0.207. The van der Waals surface area contributed by atoms with E-state index in [0.717, 1.165) is 11.4 Å². The van der Waals surface area contributed by atoms with E-state index in [1.54, 1.807) is 22.6 Å². The van der Waals surface area contributed by atoms with Crippen LogP contribution < -0.4 is 5.32 Å². The molecule has 6 nitrogen and oxygen atoms in total. The van der Waals surface area contributed by atoms with Crippen LogP contribution in [-0.4, -0.2) is 25.5 Å². The number of carbonyl (C=O) groups is 1. The molecule has 1 amide bonds. The Labute approximate surface area is 128 Å². The minimum absolute atomic E-state index is 0.207. The van der Waals surface area contributed by atoms with E-state index in [-0.39, 0.29) is 5.91 Å². The first kappa shape index (κ1) is 14.1. The second-order valence-electron chi connectivity index (χ2n) is 5.28. The zero-order valence-corrected chi connectivity index (χ0v) is 12.7. The number of rotatable bonds is 3. The van der Waals surface area contributed by atoms with E-state index >= 15 is 0 Å². The van der Waals surface area contributed by atoms with Crippen LogP contribution in [0.5, 0.6) is 0 Å². The fourth-order valence-corrected chi connectivity index (χ4v) is 2.20. The molecule has 112 valence electrons. The van der Waals surface area contributed by atoms with Crippen molar-refractivity contribution >= 4 is 11.7 Å². The predicted octanol–water partition coefficient (Wildman–Crippen LogP) is 2.47. The van der Waals surface area contributed by atoms with Gasteiger partial charge in [0.15, 0.2) is 0 Å². The van der Waals surface area contributed by atoms with E-state index in [2.05, 4.69) is 15.5 Å². The number of anilines is 1. The van der Waals surface area contributed by atoms with E-state index in [1.807, 2.05) is 44.2 Å². The fraction of sp³-hybridized carbons (Fsp3) is 0.188. The first-order chi connectivity index (χ1) is 10.5. The van der Waals surface area contributed by atoms with E-state index in [1.165, 1.54) is 11.8 Å². The van der Waals surface area contributed by atoms with Gasteiger partial charge in [0.1, 0.15) is 5.82 Å². The van der Waals surface area contributed by atoms with E-state index in [9.17, 15) is 4.79 Å². The summed E-state index contributed by atoms with van der Waals surface area (Å²) in [6.07, 6.45) is 3.21. The third-order valence-corrected chi connectivity index (χ3v) is 3.32. The number of benzene rings is 1. The molecule has 6 heteroatoms. The molecule has 22 heavy (non-hydrogen) atoms. The molecule has 0 spiro atoms. The summed E-state index contributed by atoms with van der Waals surface area (Å²) in [4.78, 5) is 12.3. The van der Waals surface area contributed by atoms with Crippen molar-refractivity contribution in [2.45, 2.75) is 13.8 Å². The summed E-state index contributed by atoms with van der Waals surface area (Å²) in [5.74, 6) is 0.427. The van der Waals surface area contributed by atoms with Gasteiger partial charge in [0.2, 0.25) is 0 Å². The van der Waals surface area contributed by atoms with Crippen molar-refractivity contribution < 1.29 is 4.79 Å². The maximum Gasteiger partial charge on any atom is 0.260 e. The monoisotopic (exact) mass is 295 g/mol. The summed E-state index contributed by atoms with van der Waals surface area (Å²) in [5.41, 5.74) is 3.42. The van der Waals surface area contributed by atoms with Crippen LogP contribution in [0.1, 0.15) is 21.6 Å². The molecule has 0 saturated heterocycles. The summed E-state index contributed by atoms with van der Waals surface area (Å²) >= 11 is 0. The number of carbonyl (C=O) groups excluding carboxylic acids is 1. The molecule has 2 aromatic heterocycles. The van der Waals surface area contributed by atoms with Crippen LogP contribution in [0.2, 0.25) is 0 Å². The Hall–Kier alpha value is -2.89. The van der Waals surface area contributed by atoms with Gasteiger partial charge < -0.3 is 5.32 Å². The first-order valence-electron chi connectivity index (χ1n) is 6.96. The lowest BCUT2D eigenvalue weighted by Gasteiger charge is -2.08. The molecule has 0 aliphatic carbocycles. The lowest BCUT2D eigenvalue weighted by atomic mass is 10.2. The zero-order valence-electron chi connectivity index (χ0n) is 12.7. The van der Waals surface area contributed by atoms with Gasteiger partial charge in [-0.3, -0.25) is 9.48 Å². The molecule has 0 aliphatic rings. The maximum atomic E-state index is 12.3. The Morgan fingerprint density at radius 1 is 1.18 bits per heavy atom. The number of nitrogens with zero attached hydrogens (tertiary/aromatic N) is 4.